The molecule has 0 unspecified atom stereocenters. The van der Waals surface area contributed by atoms with Crippen molar-refractivity contribution in [2.24, 2.45) is 0 Å². The molecule has 0 aliphatic heterocycles. The van der Waals surface area contributed by atoms with Crippen molar-refractivity contribution >= 4 is 5.69 Å². The lowest BCUT2D eigenvalue weighted by Crippen LogP contribution is -2.23. The quantitative estimate of drug-likeness (QED) is 0.590. The molecule has 0 fully saturated rings. The number of aryl methyl sites for hydroxylation is 1. The predicted octanol–water partition coefficient (Wildman–Crippen LogP) is 4.66. The van der Waals surface area contributed by atoms with Gasteiger partial charge in [0, 0.05) is 18.8 Å². The number of unbranched alkanes of at least 4 members (excludes halogenated alkanes) is 3. The normalized spacial score (nSPS) is 10.5. The highest BCUT2D eigenvalue weighted by Gasteiger charge is 2.06. The molecule has 0 radical (unpaired) electrons. The van der Waals surface area contributed by atoms with Crippen LogP contribution in [0.5, 0.6) is 0 Å². The van der Waals surface area contributed by atoms with Gasteiger partial charge in [0.05, 0.1) is 0 Å². The molecule has 0 aliphatic rings. The molecule has 17 heavy (non-hydrogen) atoms. The molecule has 0 N–H and O–H groups in total. The molecule has 1 aromatic carbocycles. The average molecular weight is 233 g/mol. The Morgan fingerprint density at radius 2 is 1.59 bits per heavy atom. The van der Waals surface area contributed by atoms with Gasteiger partial charge in [0.15, 0.2) is 0 Å². The van der Waals surface area contributed by atoms with E-state index < -0.39 is 0 Å². The number of nitrogens with zero attached hydrogens (tertiary/aromatic N) is 1. The Hall–Kier alpha value is -0.980. The molecule has 0 amide bonds. The molecular formula is C16H27N. The molecule has 0 bridgehead atoms. The highest BCUT2D eigenvalue weighted by atomic mass is 15.1. The topological polar surface area (TPSA) is 3.24 Å². The fraction of sp³-hybridized carbons (Fsp3) is 0.625. The Bertz CT molecular complexity index is 302. The van der Waals surface area contributed by atoms with Crippen molar-refractivity contribution in [2.75, 3.05) is 18.0 Å². The number of hydrogen-bond donors (Lipinski definition) is 0. The van der Waals surface area contributed by atoms with Crippen LogP contribution in [0.4, 0.5) is 5.69 Å². The van der Waals surface area contributed by atoms with E-state index in [9.17, 15) is 0 Å². The van der Waals surface area contributed by atoms with E-state index in [-0.39, 0.29) is 0 Å². The van der Waals surface area contributed by atoms with Gasteiger partial charge in [-0.2, -0.15) is 0 Å². The zero-order chi connectivity index (χ0) is 12.5. The molecule has 96 valence electrons. The maximum absolute atomic E-state index is 2.45. The van der Waals surface area contributed by atoms with Gasteiger partial charge in [-0.25, -0.2) is 0 Å². The fourth-order valence-electron chi connectivity index (χ4n) is 2.34. The minimum Gasteiger partial charge on any atom is -0.372 e. The van der Waals surface area contributed by atoms with Crippen LogP contribution in [0.15, 0.2) is 24.3 Å². The fourth-order valence-corrected chi connectivity index (χ4v) is 2.34. The summed E-state index contributed by atoms with van der Waals surface area (Å²) in [5, 5.41) is 0. The minimum atomic E-state index is 1.10. The summed E-state index contributed by atoms with van der Waals surface area (Å²) >= 11 is 0. The summed E-state index contributed by atoms with van der Waals surface area (Å²) in [5.74, 6) is 0. The summed E-state index contributed by atoms with van der Waals surface area (Å²) in [7, 11) is 0. The molecule has 1 rings (SSSR count). The third-order valence-corrected chi connectivity index (χ3v) is 3.40. The van der Waals surface area contributed by atoms with Crippen LogP contribution in [0, 0.1) is 0 Å². The third-order valence-electron chi connectivity index (χ3n) is 3.40. The zero-order valence-electron chi connectivity index (χ0n) is 11.7. The summed E-state index contributed by atoms with van der Waals surface area (Å²) in [6.07, 6.45) is 6.60. The Morgan fingerprint density at radius 1 is 0.882 bits per heavy atom. The monoisotopic (exact) mass is 233 g/mol. The first kappa shape index (κ1) is 14.1. The van der Waals surface area contributed by atoms with Gasteiger partial charge in [-0.15, -0.1) is 0 Å². The molecule has 0 spiro atoms. The molecule has 1 heteroatoms. The number of benzene rings is 1. The van der Waals surface area contributed by atoms with Gasteiger partial charge < -0.3 is 4.90 Å². The van der Waals surface area contributed by atoms with Crippen molar-refractivity contribution in [3.05, 3.63) is 29.8 Å². The van der Waals surface area contributed by atoms with E-state index in [1.165, 1.54) is 43.4 Å². The average Bonchev–Trinajstić information content (AvgIpc) is 2.38. The van der Waals surface area contributed by atoms with Gasteiger partial charge in [-0.05, 0) is 38.3 Å². The smallest absolute Gasteiger partial charge is 0.0398 e. The van der Waals surface area contributed by atoms with Gasteiger partial charge >= 0.3 is 0 Å². The molecule has 0 aliphatic carbocycles. The second-order valence-electron chi connectivity index (χ2n) is 4.61. The molecular weight excluding hydrogens is 206 g/mol. The molecule has 0 atom stereocenters. The van der Waals surface area contributed by atoms with Crippen molar-refractivity contribution in [1.82, 2.24) is 0 Å². The molecule has 1 nitrogen and oxygen atoms in total. The van der Waals surface area contributed by atoms with Crippen LogP contribution in [-0.2, 0) is 6.42 Å². The summed E-state index contributed by atoms with van der Waals surface area (Å²) < 4.78 is 0. The van der Waals surface area contributed by atoms with Gasteiger partial charge in [0.1, 0.15) is 0 Å². The number of para-hydroxylation sites is 1. The first-order valence-corrected chi connectivity index (χ1v) is 7.16. The minimum absolute atomic E-state index is 1.10. The summed E-state index contributed by atoms with van der Waals surface area (Å²) in [5.41, 5.74) is 2.96. The van der Waals surface area contributed by atoms with Crippen molar-refractivity contribution in [2.45, 2.75) is 52.9 Å². The van der Waals surface area contributed by atoms with E-state index in [0.717, 1.165) is 13.1 Å². The van der Waals surface area contributed by atoms with Gasteiger partial charge in [0.2, 0.25) is 0 Å². The Balaban J connectivity index is 2.63. The predicted molar refractivity (Wildman–Crippen MR) is 77.8 cm³/mol. The molecule has 0 saturated carbocycles. The van der Waals surface area contributed by atoms with Gasteiger partial charge in [0.25, 0.3) is 0 Å². The Kier molecular flexibility index (Phi) is 6.76. The lowest BCUT2D eigenvalue weighted by molar-refractivity contribution is 0.665. The molecule has 0 heterocycles. The van der Waals surface area contributed by atoms with E-state index >= 15 is 0 Å². The van der Waals surface area contributed by atoms with Crippen molar-refractivity contribution in [1.29, 1.82) is 0 Å². The van der Waals surface area contributed by atoms with Crippen LogP contribution >= 0.6 is 0 Å². The summed E-state index contributed by atoms with van der Waals surface area (Å²) in [6, 6.07) is 8.88. The first-order chi connectivity index (χ1) is 8.33. The second-order valence-corrected chi connectivity index (χ2v) is 4.61. The summed E-state index contributed by atoms with van der Waals surface area (Å²) in [4.78, 5) is 2.45. The Labute approximate surface area is 107 Å². The maximum atomic E-state index is 2.45. The van der Waals surface area contributed by atoms with Crippen molar-refractivity contribution < 1.29 is 0 Å². The van der Waals surface area contributed by atoms with E-state index in [0.29, 0.717) is 0 Å². The van der Waals surface area contributed by atoms with Gasteiger partial charge in [-0.1, -0.05) is 44.4 Å². The van der Waals surface area contributed by atoms with Crippen LogP contribution in [0.3, 0.4) is 0 Å². The van der Waals surface area contributed by atoms with E-state index in [2.05, 4.69) is 49.9 Å². The molecule has 0 saturated heterocycles. The first-order valence-electron chi connectivity index (χ1n) is 7.16. The number of hydrogen-bond acceptors (Lipinski definition) is 1. The summed E-state index contributed by atoms with van der Waals surface area (Å²) in [6.45, 7) is 8.93. The van der Waals surface area contributed by atoms with Crippen molar-refractivity contribution in [3.63, 3.8) is 0 Å². The van der Waals surface area contributed by atoms with Crippen LogP contribution in [0.25, 0.3) is 0 Å². The lowest BCUT2D eigenvalue weighted by Gasteiger charge is -2.24. The van der Waals surface area contributed by atoms with Crippen molar-refractivity contribution in [3.8, 4) is 0 Å². The molecule has 1 aromatic rings. The second kappa shape index (κ2) is 8.16. The van der Waals surface area contributed by atoms with Gasteiger partial charge in [-0.3, -0.25) is 0 Å². The van der Waals surface area contributed by atoms with E-state index in [1.807, 2.05) is 0 Å². The number of rotatable bonds is 8. The van der Waals surface area contributed by atoms with E-state index in [1.54, 1.807) is 0 Å². The number of anilines is 1. The third kappa shape index (κ3) is 4.41. The Morgan fingerprint density at radius 3 is 2.24 bits per heavy atom. The largest absolute Gasteiger partial charge is 0.372 e. The van der Waals surface area contributed by atoms with Crippen LogP contribution in [0.1, 0.15) is 52.0 Å². The van der Waals surface area contributed by atoms with E-state index in [4.69, 9.17) is 0 Å². The standard InChI is InChI=1S/C16H27N/c1-4-7-8-9-12-15-13-10-11-14-16(15)17(5-2)6-3/h10-11,13-14H,4-9,12H2,1-3H3. The highest BCUT2D eigenvalue weighted by molar-refractivity contribution is 5.53. The van der Waals surface area contributed by atoms with Crippen LogP contribution < -0.4 is 4.90 Å². The maximum Gasteiger partial charge on any atom is 0.0398 e. The zero-order valence-corrected chi connectivity index (χ0v) is 11.7. The van der Waals surface area contributed by atoms with Crippen LogP contribution in [0.2, 0.25) is 0 Å². The molecule has 0 aromatic heterocycles. The van der Waals surface area contributed by atoms with Crippen LogP contribution in [-0.4, -0.2) is 13.1 Å². The SMILES string of the molecule is CCCCCCc1ccccc1N(CC)CC. The highest BCUT2D eigenvalue weighted by Crippen LogP contribution is 2.22. The lowest BCUT2D eigenvalue weighted by atomic mass is 10.0.